The Morgan fingerprint density at radius 1 is 0.881 bits per heavy atom. The normalized spacial score (nSPS) is 12.8. The van der Waals surface area contributed by atoms with Gasteiger partial charge in [-0.05, 0) is 60.7 Å². The van der Waals surface area contributed by atoms with Crippen molar-refractivity contribution in [2.75, 3.05) is 19.6 Å². The summed E-state index contributed by atoms with van der Waals surface area (Å²) in [5.41, 5.74) is 2.36. The van der Waals surface area contributed by atoms with Gasteiger partial charge in [-0.25, -0.2) is 0 Å². The first-order chi connectivity index (χ1) is 20.1. The number of carbonyl (C=O) groups excluding carboxylic acids is 2. The molecule has 0 unspecified atom stereocenters. The van der Waals surface area contributed by atoms with Gasteiger partial charge in [0.05, 0.1) is 12.1 Å². The summed E-state index contributed by atoms with van der Waals surface area (Å²) in [5.74, 6) is -0.857. The lowest BCUT2D eigenvalue weighted by Gasteiger charge is -2.25. The minimum absolute atomic E-state index is 0.111. The van der Waals surface area contributed by atoms with E-state index in [2.05, 4.69) is 15.4 Å². The molecule has 2 atom stereocenters. The van der Waals surface area contributed by atoms with Crippen LogP contribution in [0.5, 0.6) is 5.75 Å². The van der Waals surface area contributed by atoms with Gasteiger partial charge in [0.15, 0.2) is 0 Å². The lowest BCUT2D eigenvalue weighted by Crippen LogP contribution is -2.48. The van der Waals surface area contributed by atoms with E-state index < -0.39 is 24.4 Å². The van der Waals surface area contributed by atoms with Gasteiger partial charge in [-0.3, -0.25) is 9.59 Å². The molecule has 0 fully saturated rings. The molecule has 3 aromatic rings. The molecule has 2 amide bonds. The third-order valence-corrected chi connectivity index (χ3v) is 6.56. The first-order valence-corrected chi connectivity index (χ1v) is 14.1. The van der Waals surface area contributed by atoms with E-state index in [4.69, 9.17) is 0 Å². The lowest BCUT2D eigenvalue weighted by molar-refractivity contribution is -0.274. The van der Waals surface area contributed by atoms with Crippen molar-refractivity contribution in [2.24, 2.45) is 0 Å². The van der Waals surface area contributed by atoms with Gasteiger partial charge in [0.1, 0.15) is 5.75 Å². The first kappa shape index (κ1) is 32.6. The molecule has 0 bridgehead atoms. The monoisotopic (exact) mass is 585 g/mol. The van der Waals surface area contributed by atoms with Crippen LogP contribution in [-0.2, 0) is 13.0 Å². The Morgan fingerprint density at radius 2 is 1.52 bits per heavy atom. The second-order valence-electron chi connectivity index (χ2n) is 10.0. The number of rotatable bonds is 15. The molecule has 0 heterocycles. The second kappa shape index (κ2) is 15.9. The van der Waals surface area contributed by atoms with Gasteiger partial charge in [0, 0.05) is 37.3 Å². The number of benzene rings is 3. The standard InChI is InChI=1S/C32H38F3N3O4/c1-3-17-38(18-4-2)31(41)26-12-8-11-25(20-26)30(40)37-28(19-23-9-6-5-7-10-23)29(39)22-36-21-24-13-15-27(16-14-24)42-32(33,34)35/h5-16,20,28-29,36,39H,3-4,17-19,21-22H2,1-2H3,(H,37,40)/t28-,29+/m0/s1. The molecule has 7 nitrogen and oxygen atoms in total. The van der Waals surface area contributed by atoms with Gasteiger partial charge in [-0.15, -0.1) is 13.2 Å². The maximum Gasteiger partial charge on any atom is 0.573 e. The van der Waals surface area contributed by atoms with E-state index in [1.54, 1.807) is 29.2 Å². The topological polar surface area (TPSA) is 90.9 Å². The molecule has 226 valence electrons. The van der Waals surface area contributed by atoms with E-state index in [0.717, 1.165) is 18.4 Å². The average molecular weight is 586 g/mol. The number of hydrogen-bond acceptors (Lipinski definition) is 5. The predicted octanol–water partition coefficient (Wildman–Crippen LogP) is 5.34. The average Bonchev–Trinajstić information content (AvgIpc) is 2.97. The van der Waals surface area contributed by atoms with Crippen LogP contribution < -0.4 is 15.4 Å². The fourth-order valence-corrected chi connectivity index (χ4v) is 4.55. The number of carbonyl (C=O) groups is 2. The smallest absolute Gasteiger partial charge is 0.406 e. The minimum atomic E-state index is -4.76. The molecule has 0 spiro atoms. The Morgan fingerprint density at radius 3 is 2.14 bits per heavy atom. The van der Waals surface area contributed by atoms with E-state index in [9.17, 15) is 27.9 Å². The highest BCUT2D eigenvalue weighted by Crippen LogP contribution is 2.22. The highest BCUT2D eigenvalue weighted by Gasteiger charge is 2.31. The summed E-state index contributed by atoms with van der Waals surface area (Å²) >= 11 is 0. The molecule has 10 heteroatoms. The summed E-state index contributed by atoms with van der Waals surface area (Å²) in [5, 5.41) is 17.1. The fraction of sp³-hybridized carbons (Fsp3) is 0.375. The second-order valence-corrected chi connectivity index (χ2v) is 10.0. The Bertz CT molecular complexity index is 1260. The van der Waals surface area contributed by atoms with Crippen LogP contribution in [0.15, 0.2) is 78.9 Å². The van der Waals surface area contributed by atoms with Crippen molar-refractivity contribution in [3.8, 4) is 5.75 Å². The largest absolute Gasteiger partial charge is 0.573 e. The van der Waals surface area contributed by atoms with Crippen LogP contribution in [-0.4, -0.2) is 60.0 Å². The van der Waals surface area contributed by atoms with Crippen molar-refractivity contribution in [1.29, 1.82) is 0 Å². The van der Waals surface area contributed by atoms with Crippen molar-refractivity contribution < 1.29 is 32.6 Å². The van der Waals surface area contributed by atoms with Crippen LogP contribution in [0.4, 0.5) is 13.2 Å². The van der Waals surface area contributed by atoms with Crippen molar-refractivity contribution in [1.82, 2.24) is 15.5 Å². The van der Waals surface area contributed by atoms with Crippen LogP contribution in [0.2, 0.25) is 0 Å². The molecule has 0 aromatic heterocycles. The number of amides is 2. The number of aliphatic hydroxyl groups is 1. The van der Waals surface area contributed by atoms with Gasteiger partial charge in [-0.1, -0.05) is 62.4 Å². The highest BCUT2D eigenvalue weighted by atomic mass is 19.4. The van der Waals surface area contributed by atoms with E-state index in [-0.39, 0.29) is 24.7 Å². The van der Waals surface area contributed by atoms with Crippen LogP contribution in [0.25, 0.3) is 0 Å². The van der Waals surface area contributed by atoms with E-state index in [0.29, 0.717) is 36.2 Å². The zero-order chi connectivity index (χ0) is 30.5. The van der Waals surface area contributed by atoms with Gasteiger partial charge in [0.25, 0.3) is 11.8 Å². The zero-order valence-corrected chi connectivity index (χ0v) is 23.9. The van der Waals surface area contributed by atoms with Gasteiger partial charge < -0.3 is 25.4 Å². The number of hydrogen-bond donors (Lipinski definition) is 3. The predicted molar refractivity (Wildman–Crippen MR) is 155 cm³/mol. The summed E-state index contributed by atoms with van der Waals surface area (Å²) in [7, 11) is 0. The molecular weight excluding hydrogens is 547 g/mol. The minimum Gasteiger partial charge on any atom is -0.406 e. The third-order valence-electron chi connectivity index (χ3n) is 6.56. The van der Waals surface area contributed by atoms with Crippen molar-refractivity contribution >= 4 is 11.8 Å². The number of ether oxygens (including phenoxy) is 1. The molecule has 0 saturated carbocycles. The number of alkyl halides is 3. The van der Waals surface area contributed by atoms with E-state index >= 15 is 0 Å². The molecule has 3 N–H and O–H groups in total. The molecule has 0 saturated heterocycles. The van der Waals surface area contributed by atoms with E-state index in [1.807, 2.05) is 44.2 Å². The Kier molecular flexibility index (Phi) is 12.4. The highest BCUT2D eigenvalue weighted by molar-refractivity contribution is 5.99. The number of halogens is 3. The number of nitrogens with zero attached hydrogens (tertiary/aromatic N) is 1. The quantitative estimate of drug-likeness (QED) is 0.224. The summed E-state index contributed by atoms with van der Waals surface area (Å²) in [6, 6.07) is 20.8. The molecule has 3 aromatic carbocycles. The maximum absolute atomic E-state index is 13.3. The van der Waals surface area contributed by atoms with Crippen LogP contribution in [0, 0.1) is 0 Å². The van der Waals surface area contributed by atoms with Gasteiger partial charge in [-0.2, -0.15) is 0 Å². The molecule has 0 aliphatic heterocycles. The Hall–Kier alpha value is -3.89. The lowest BCUT2D eigenvalue weighted by atomic mass is 10.00. The van der Waals surface area contributed by atoms with Gasteiger partial charge in [0.2, 0.25) is 0 Å². The third kappa shape index (κ3) is 10.5. The molecular formula is C32H38F3N3O4. The van der Waals surface area contributed by atoms with Crippen molar-refractivity contribution in [3.05, 3.63) is 101 Å². The molecule has 0 aliphatic rings. The van der Waals surface area contributed by atoms with Crippen LogP contribution >= 0.6 is 0 Å². The van der Waals surface area contributed by atoms with Crippen molar-refractivity contribution in [3.63, 3.8) is 0 Å². The number of nitrogens with one attached hydrogen (secondary N) is 2. The van der Waals surface area contributed by atoms with Crippen LogP contribution in [0.1, 0.15) is 58.5 Å². The fourth-order valence-electron chi connectivity index (χ4n) is 4.55. The summed E-state index contributed by atoms with van der Waals surface area (Å²) in [6.45, 7) is 5.68. The Labute approximate surface area is 244 Å². The molecule has 0 aliphatic carbocycles. The first-order valence-electron chi connectivity index (χ1n) is 14.1. The molecule has 0 radical (unpaired) electrons. The van der Waals surface area contributed by atoms with E-state index in [1.165, 1.54) is 24.3 Å². The van der Waals surface area contributed by atoms with Crippen molar-refractivity contribution in [2.45, 2.75) is 58.2 Å². The van der Waals surface area contributed by atoms with Gasteiger partial charge >= 0.3 is 6.36 Å². The summed E-state index contributed by atoms with van der Waals surface area (Å²) < 4.78 is 41.1. The molecule has 3 rings (SSSR count). The zero-order valence-electron chi connectivity index (χ0n) is 23.9. The Balaban J connectivity index is 1.67. The SMILES string of the molecule is CCCN(CCC)C(=O)c1cccc(C(=O)N[C@@H](Cc2ccccc2)[C@H](O)CNCc2ccc(OC(F)(F)F)cc2)c1. The maximum atomic E-state index is 13.3. The summed E-state index contributed by atoms with van der Waals surface area (Å²) in [4.78, 5) is 28.2. The molecule has 42 heavy (non-hydrogen) atoms. The number of aliphatic hydroxyl groups excluding tert-OH is 1. The van der Waals surface area contributed by atoms with Crippen LogP contribution in [0.3, 0.4) is 0 Å². The summed E-state index contributed by atoms with van der Waals surface area (Å²) in [6.07, 6.45) is -3.73.